The second-order valence-electron chi connectivity index (χ2n) is 3.70. The molecule has 3 nitrogen and oxygen atoms in total. The average molecular weight is 256 g/mol. The van der Waals surface area contributed by atoms with Crippen LogP contribution in [0.25, 0.3) is 0 Å². The van der Waals surface area contributed by atoms with E-state index in [0.29, 0.717) is 6.42 Å². The lowest BCUT2D eigenvalue weighted by atomic mass is 10.2. The highest BCUT2D eigenvalue weighted by atomic mass is 35.5. The van der Waals surface area contributed by atoms with E-state index in [-0.39, 0.29) is 30.7 Å². The first kappa shape index (κ1) is 15.3. The molecule has 0 saturated heterocycles. The minimum absolute atomic E-state index is 0.0789. The molecule has 0 radical (unpaired) electrons. The van der Waals surface area contributed by atoms with Gasteiger partial charge in [0.2, 0.25) is 0 Å². The summed E-state index contributed by atoms with van der Waals surface area (Å²) in [6.45, 7) is 3.47. The standard InChI is InChI=1S/C10H16ClF2NO2/c1-7(2)14(10(16)9(12)13)5-3-4-8(15)6-11/h7,9H,3-6H2,1-2H3. The van der Waals surface area contributed by atoms with E-state index < -0.39 is 12.3 Å². The third kappa shape index (κ3) is 5.39. The highest BCUT2D eigenvalue weighted by Gasteiger charge is 2.24. The first-order chi connectivity index (χ1) is 7.40. The van der Waals surface area contributed by atoms with Crippen molar-refractivity contribution in [3.8, 4) is 0 Å². The number of Topliss-reactive ketones (excluding diaryl/α,β-unsaturated/α-hetero) is 1. The average Bonchev–Trinajstić information content (AvgIpc) is 2.22. The number of nitrogens with zero attached hydrogens (tertiary/aromatic N) is 1. The number of carbonyl (C=O) groups excluding carboxylic acids is 2. The van der Waals surface area contributed by atoms with Gasteiger partial charge in [-0.3, -0.25) is 9.59 Å². The topological polar surface area (TPSA) is 37.4 Å². The SMILES string of the molecule is CC(C)N(CCCC(=O)CCl)C(=O)C(F)F. The molecule has 0 saturated carbocycles. The number of amides is 1. The maximum Gasteiger partial charge on any atom is 0.315 e. The Labute approximate surface area is 98.7 Å². The van der Waals surface area contributed by atoms with Crippen LogP contribution in [0.4, 0.5) is 8.78 Å². The van der Waals surface area contributed by atoms with Crippen LogP contribution in [0.15, 0.2) is 0 Å². The van der Waals surface area contributed by atoms with Crippen LogP contribution in [-0.2, 0) is 9.59 Å². The fraction of sp³-hybridized carbons (Fsp3) is 0.800. The van der Waals surface area contributed by atoms with E-state index >= 15 is 0 Å². The molecule has 0 aromatic rings. The lowest BCUT2D eigenvalue weighted by Crippen LogP contribution is -2.41. The number of rotatable bonds is 7. The minimum atomic E-state index is -2.99. The monoisotopic (exact) mass is 255 g/mol. The van der Waals surface area contributed by atoms with Crippen molar-refractivity contribution >= 4 is 23.3 Å². The molecule has 0 aliphatic rings. The summed E-state index contributed by atoms with van der Waals surface area (Å²) in [4.78, 5) is 23.1. The van der Waals surface area contributed by atoms with Gasteiger partial charge in [0, 0.05) is 19.0 Å². The van der Waals surface area contributed by atoms with Crippen LogP contribution in [0.5, 0.6) is 0 Å². The first-order valence-electron chi connectivity index (χ1n) is 5.06. The molecule has 94 valence electrons. The maximum atomic E-state index is 12.2. The van der Waals surface area contributed by atoms with Gasteiger partial charge in [0.05, 0.1) is 5.88 Å². The molecular formula is C10H16ClF2NO2. The highest BCUT2D eigenvalue weighted by molar-refractivity contribution is 6.27. The number of halogens is 3. The lowest BCUT2D eigenvalue weighted by molar-refractivity contribution is -0.144. The molecule has 0 N–H and O–H groups in total. The molecule has 0 bridgehead atoms. The summed E-state index contributed by atoms with van der Waals surface area (Å²) < 4.78 is 24.4. The molecule has 0 heterocycles. The van der Waals surface area contributed by atoms with Gasteiger partial charge in [-0.2, -0.15) is 8.78 Å². The van der Waals surface area contributed by atoms with E-state index in [1.807, 2.05) is 0 Å². The smallest absolute Gasteiger partial charge is 0.315 e. The van der Waals surface area contributed by atoms with Gasteiger partial charge in [-0.25, -0.2) is 0 Å². The summed E-state index contributed by atoms with van der Waals surface area (Å²) in [7, 11) is 0. The van der Waals surface area contributed by atoms with Crippen LogP contribution in [0.1, 0.15) is 26.7 Å². The molecule has 0 spiro atoms. The van der Waals surface area contributed by atoms with Crippen molar-refractivity contribution in [2.45, 2.75) is 39.2 Å². The van der Waals surface area contributed by atoms with Crippen LogP contribution in [0.3, 0.4) is 0 Å². The summed E-state index contributed by atoms with van der Waals surface area (Å²) in [5.41, 5.74) is 0. The second-order valence-corrected chi connectivity index (χ2v) is 3.97. The summed E-state index contributed by atoms with van der Waals surface area (Å²) in [6, 6.07) is -0.299. The lowest BCUT2D eigenvalue weighted by Gasteiger charge is -2.26. The Kier molecular flexibility index (Phi) is 7.21. The summed E-state index contributed by atoms with van der Waals surface area (Å²) in [6.07, 6.45) is -2.42. The first-order valence-corrected chi connectivity index (χ1v) is 5.59. The molecule has 0 aromatic carbocycles. The van der Waals surface area contributed by atoms with Crippen molar-refractivity contribution in [3.63, 3.8) is 0 Å². The van der Waals surface area contributed by atoms with Gasteiger partial charge < -0.3 is 4.90 Å². The third-order valence-electron chi connectivity index (χ3n) is 2.10. The minimum Gasteiger partial charge on any atom is -0.335 e. The van der Waals surface area contributed by atoms with Crippen molar-refractivity contribution in [2.24, 2.45) is 0 Å². The molecule has 1 amide bonds. The van der Waals surface area contributed by atoms with Gasteiger partial charge in [-0.1, -0.05) is 0 Å². The molecule has 0 aliphatic heterocycles. The predicted octanol–water partition coefficient (Wildman–Crippen LogP) is 2.08. The number of ketones is 1. The Hall–Kier alpha value is -0.710. The van der Waals surface area contributed by atoms with Crippen LogP contribution < -0.4 is 0 Å². The fourth-order valence-corrected chi connectivity index (χ4v) is 1.40. The van der Waals surface area contributed by atoms with Crippen molar-refractivity contribution < 1.29 is 18.4 Å². The van der Waals surface area contributed by atoms with E-state index in [9.17, 15) is 18.4 Å². The Morgan fingerprint density at radius 2 is 1.88 bits per heavy atom. The molecule has 0 fully saturated rings. The predicted molar refractivity (Wildman–Crippen MR) is 57.8 cm³/mol. The van der Waals surface area contributed by atoms with E-state index in [4.69, 9.17) is 11.6 Å². The van der Waals surface area contributed by atoms with Crippen molar-refractivity contribution in [1.82, 2.24) is 4.90 Å². The number of hydrogen-bond donors (Lipinski definition) is 0. The zero-order valence-corrected chi connectivity index (χ0v) is 10.1. The second kappa shape index (κ2) is 7.54. The molecule has 16 heavy (non-hydrogen) atoms. The molecule has 0 rings (SSSR count). The van der Waals surface area contributed by atoms with Crippen molar-refractivity contribution in [1.29, 1.82) is 0 Å². The highest BCUT2D eigenvalue weighted by Crippen LogP contribution is 2.08. The van der Waals surface area contributed by atoms with Gasteiger partial charge in [-0.15, -0.1) is 11.6 Å². The molecular weight excluding hydrogens is 240 g/mol. The van der Waals surface area contributed by atoms with Gasteiger partial charge in [0.1, 0.15) is 5.78 Å². The zero-order valence-electron chi connectivity index (χ0n) is 9.38. The molecule has 6 heteroatoms. The Bertz CT molecular complexity index is 247. The Morgan fingerprint density at radius 3 is 2.25 bits per heavy atom. The van der Waals surface area contributed by atoms with Crippen LogP contribution >= 0.6 is 11.6 Å². The number of carbonyl (C=O) groups is 2. The zero-order chi connectivity index (χ0) is 12.7. The number of alkyl halides is 3. The maximum absolute atomic E-state index is 12.2. The Morgan fingerprint density at radius 1 is 1.31 bits per heavy atom. The number of hydrogen-bond acceptors (Lipinski definition) is 2. The summed E-state index contributed by atoms with van der Waals surface area (Å²) in [5, 5.41) is 0. The summed E-state index contributed by atoms with van der Waals surface area (Å²) in [5.74, 6) is -1.41. The fourth-order valence-electron chi connectivity index (χ4n) is 1.26. The Balaban J connectivity index is 4.15. The van der Waals surface area contributed by atoms with E-state index in [2.05, 4.69) is 0 Å². The van der Waals surface area contributed by atoms with Crippen molar-refractivity contribution in [2.75, 3.05) is 12.4 Å². The quantitative estimate of drug-likeness (QED) is 0.653. The van der Waals surface area contributed by atoms with Crippen LogP contribution in [0, 0.1) is 0 Å². The molecule has 0 unspecified atom stereocenters. The van der Waals surface area contributed by atoms with Gasteiger partial charge >= 0.3 is 6.43 Å². The molecule has 0 aromatic heterocycles. The normalized spacial score (nSPS) is 10.9. The van der Waals surface area contributed by atoms with E-state index in [1.54, 1.807) is 13.8 Å². The summed E-state index contributed by atoms with van der Waals surface area (Å²) >= 11 is 5.29. The van der Waals surface area contributed by atoms with Gasteiger partial charge in [0.15, 0.2) is 0 Å². The van der Waals surface area contributed by atoms with Crippen LogP contribution in [0.2, 0.25) is 0 Å². The largest absolute Gasteiger partial charge is 0.335 e. The third-order valence-corrected chi connectivity index (χ3v) is 2.39. The molecule has 0 atom stereocenters. The van der Waals surface area contributed by atoms with E-state index in [0.717, 1.165) is 4.90 Å². The van der Waals surface area contributed by atoms with Crippen molar-refractivity contribution in [3.05, 3.63) is 0 Å². The van der Waals surface area contributed by atoms with Gasteiger partial charge in [-0.05, 0) is 20.3 Å². The molecule has 0 aliphatic carbocycles. The van der Waals surface area contributed by atoms with E-state index in [1.165, 1.54) is 0 Å². The van der Waals surface area contributed by atoms with Gasteiger partial charge in [0.25, 0.3) is 5.91 Å². The van der Waals surface area contributed by atoms with Crippen LogP contribution in [-0.4, -0.2) is 41.5 Å².